The molecule has 2 heterocycles. The van der Waals surface area contributed by atoms with Crippen LogP contribution >= 0.6 is 0 Å². The molecule has 0 radical (unpaired) electrons. The molecule has 0 saturated carbocycles. The first kappa shape index (κ1) is 14.9. The third kappa shape index (κ3) is 2.42. The summed E-state index contributed by atoms with van der Waals surface area (Å²) in [5.74, 6) is 0.172. The molecular weight excluding hydrogens is 268 g/mol. The first-order valence-corrected chi connectivity index (χ1v) is 6.30. The minimum Gasteiger partial charge on any atom is -0.478 e. The number of aliphatic hydroxyl groups excluding tert-OH is 2. The van der Waals surface area contributed by atoms with Gasteiger partial charge in [-0.25, -0.2) is 4.79 Å². The van der Waals surface area contributed by atoms with Crippen LogP contribution in [0, 0.1) is 0 Å². The van der Waals surface area contributed by atoms with Gasteiger partial charge >= 0.3 is 5.69 Å². The van der Waals surface area contributed by atoms with E-state index in [9.17, 15) is 15.0 Å². The minimum absolute atomic E-state index is 0.172. The van der Waals surface area contributed by atoms with Gasteiger partial charge in [-0.3, -0.25) is 4.57 Å². The summed E-state index contributed by atoms with van der Waals surface area (Å²) >= 11 is 0. The molecule has 0 aromatic carbocycles. The van der Waals surface area contributed by atoms with Gasteiger partial charge in [-0.05, 0) is 13.8 Å². The van der Waals surface area contributed by atoms with Crippen molar-refractivity contribution in [2.45, 2.75) is 37.9 Å². The molecule has 1 saturated heterocycles. The lowest BCUT2D eigenvalue weighted by Gasteiger charge is -2.27. The van der Waals surface area contributed by atoms with E-state index in [2.05, 4.69) is 4.98 Å². The van der Waals surface area contributed by atoms with Crippen LogP contribution in [-0.2, 0) is 4.74 Å². The highest BCUT2D eigenvalue weighted by molar-refractivity contribution is 5.08. The van der Waals surface area contributed by atoms with Crippen LogP contribution < -0.4 is 10.4 Å². The molecule has 20 heavy (non-hydrogen) atoms. The Bertz CT molecular complexity index is 529. The molecule has 8 heteroatoms. The fraction of sp³-hybridized carbons (Fsp3) is 0.667. The molecule has 1 aromatic rings. The Hall–Kier alpha value is -1.48. The zero-order chi connectivity index (χ0) is 14.9. The van der Waals surface area contributed by atoms with Gasteiger partial charge in [-0.15, -0.1) is 0 Å². The second kappa shape index (κ2) is 5.49. The van der Waals surface area contributed by atoms with Crippen molar-refractivity contribution < 1.29 is 24.8 Å². The summed E-state index contributed by atoms with van der Waals surface area (Å²) in [5, 5.41) is 29.3. The number of hydrogen-bond acceptors (Lipinski definition) is 7. The van der Waals surface area contributed by atoms with Crippen molar-refractivity contribution in [1.82, 2.24) is 9.55 Å². The first-order valence-electron chi connectivity index (χ1n) is 6.30. The van der Waals surface area contributed by atoms with Gasteiger partial charge in [-0.2, -0.15) is 4.98 Å². The van der Waals surface area contributed by atoms with E-state index in [4.69, 9.17) is 14.6 Å². The molecule has 0 bridgehead atoms. The van der Waals surface area contributed by atoms with E-state index in [1.165, 1.54) is 19.2 Å². The number of hydrogen-bond donors (Lipinski definition) is 3. The fourth-order valence-electron chi connectivity index (χ4n) is 2.19. The molecule has 1 unspecified atom stereocenters. The van der Waals surface area contributed by atoms with Gasteiger partial charge in [0.15, 0.2) is 6.23 Å². The molecule has 0 aliphatic carbocycles. The smallest absolute Gasteiger partial charge is 0.353 e. The van der Waals surface area contributed by atoms with Crippen LogP contribution in [-0.4, -0.2) is 55.9 Å². The van der Waals surface area contributed by atoms with E-state index in [1.54, 1.807) is 6.92 Å². The molecule has 8 nitrogen and oxygen atoms in total. The lowest BCUT2D eigenvalue weighted by Crippen LogP contribution is -2.46. The lowest BCUT2D eigenvalue weighted by atomic mass is 9.96. The second-order valence-corrected chi connectivity index (χ2v) is 4.77. The highest BCUT2D eigenvalue weighted by Gasteiger charge is 2.53. The van der Waals surface area contributed by atoms with E-state index in [0.29, 0.717) is 6.61 Å². The maximum Gasteiger partial charge on any atom is 0.353 e. The third-order valence-corrected chi connectivity index (χ3v) is 3.28. The number of aliphatic hydroxyl groups is 3. The topological polar surface area (TPSA) is 114 Å². The molecule has 4 atom stereocenters. The van der Waals surface area contributed by atoms with E-state index >= 15 is 0 Å². The SMILES string of the molecule is CCOc1ccn([C@@H]2O[C@H](CO)[C@H](O)C2(C)O)c(=O)n1. The maximum absolute atomic E-state index is 11.9. The molecule has 1 aliphatic rings. The Morgan fingerprint density at radius 2 is 2.30 bits per heavy atom. The van der Waals surface area contributed by atoms with Crippen molar-refractivity contribution in [3.8, 4) is 5.88 Å². The van der Waals surface area contributed by atoms with Crippen LogP contribution in [0.1, 0.15) is 20.1 Å². The highest BCUT2D eigenvalue weighted by atomic mass is 16.6. The van der Waals surface area contributed by atoms with Gasteiger partial charge < -0.3 is 24.8 Å². The van der Waals surface area contributed by atoms with E-state index in [-0.39, 0.29) is 5.88 Å². The van der Waals surface area contributed by atoms with Crippen LogP contribution in [0.5, 0.6) is 5.88 Å². The predicted molar refractivity (Wildman–Crippen MR) is 67.3 cm³/mol. The third-order valence-electron chi connectivity index (χ3n) is 3.28. The number of nitrogens with zero attached hydrogens (tertiary/aromatic N) is 2. The van der Waals surface area contributed by atoms with Gasteiger partial charge in [0.25, 0.3) is 0 Å². The number of aromatic nitrogens is 2. The van der Waals surface area contributed by atoms with Crippen molar-refractivity contribution in [3.63, 3.8) is 0 Å². The van der Waals surface area contributed by atoms with Gasteiger partial charge in [0.1, 0.15) is 17.8 Å². The molecule has 0 amide bonds. The number of rotatable bonds is 4. The summed E-state index contributed by atoms with van der Waals surface area (Å²) in [4.78, 5) is 15.6. The molecule has 112 valence electrons. The van der Waals surface area contributed by atoms with Crippen LogP contribution in [0.4, 0.5) is 0 Å². The molecule has 2 rings (SSSR count). The average molecular weight is 286 g/mol. The molecule has 1 aliphatic heterocycles. The summed E-state index contributed by atoms with van der Waals surface area (Å²) in [6.07, 6.45) is -2.04. The van der Waals surface area contributed by atoms with Crippen molar-refractivity contribution >= 4 is 0 Å². The quantitative estimate of drug-likeness (QED) is 0.626. The van der Waals surface area contributed by atoms with Gasteiger partial charge in [-0.1, -0.05) is 0 Å². The van der Waals surface area contributed by atoms with Crippen LogP contribution in [0.2, 0.25) is 0 Å². The normalized spacial score (nSPS) is 33.4. The summed E-state index contributed by atoms with van der Waals surface area (Å²) in [6.45, 7) is 3.01. The number of ether oxygens (including phenoxy) is 2. The molecule has 1 fully saturated rings. The Balaban J connectivity index is 2.34. The molecular formula is C12H18N2O6. The van der Waals surface area contributed by atoms with Gasteiger partial charge in [0, 0.05) is 12.3 Å². The van der Waals surface area contributed by atoms with Crippen LogP contribution in [0.25, 0.3) is 0 Å². The van der Waals surface area contributed by atoms with E-state index < -0.39 is 36.3 Å². The fourth-order valence-corrected chi connectivity index (χ4v) is 2.19. The Labute approximate surface area is 115 Å². The van der Waals surface area contributed by atoms with Crippen LogP contribution in [0.15, 0.2) is 17.1 Å². The average Bonchev–Trinajstić information content (AvgIpc) is 2.62. The second-order valence-electron chi connectivity index (χ2n) is 4.77. The van der Waals surface area contributed by atoms with Crippen molar-refractivity contribution in [1.29, 1.82) is 0 Å². The highest BCUT2D eigenvalue weighted by Crippen LogP contribution is 2.37. The predicted octanol–water partition coefficient (Wildman–Crippen LogP) is -1.36. The first-order chi connectivity index (χ1) is 9.41. The van der Waals surface area contributed by atoms with Crippen molar-refractivity contribution in [3.05, 3.63) is 22.7 Å². The summed E-state index contributed by atoms with van der Waals surface area (Å²) in [7, 11) is 0. The van der Waals surface area contributed by atoms with E-state index in [0.717, 1.165) is 4.57 Å². The molecule has 1 aromatic heterocycles. The summed E-state index contributed by atoms with van der Waals surface area (Å²) < 4.78 is 11.5. The van der Waals surface area contributed by atoms with Crippen LogP contribution in [0.3, 0.4) is 0 Å². The maximum atomic E-state index is 11.9. The zero-order valence-corrected chi connectivity index (χ0v) is 11.3. The molecule has 3 N–H and O–H groups in total. The minimum atomic E-state index is -1.72. The monoisotopic (exact) mass is 286 g/mol. The van der Waals surface area contributed by atoms with Gasteiger partial charge in [0.05, 0.1) is 13.2 Å². The summed E-state index contributed by atoms with van der Waals surface area (Å²) in [6, 6.07) is 1.46. The Kier molecular flexibility index (Phi) is 4.09. The zero-order valence-electron chi connectivity index (χ0n) is 11.3. The standard InChI is InChI=1S/C12H18N2O6/c1-3-19-8-4-5-14(11(17)13-8)10-12(2,18)9(16)7(6-15)20-10/h4-5,7,9-10,15-16,18H,3,6H2,1-2H3/t7-,9+,10-,12?/m1/s1. The van der Waals surface area contributed by atoms with Crippen molar-refractivity contribution in [2.75, 3.05) is 13.2 Å². The Morgan fingerprint density at radius 1 is 1.60 bits per heavy atom. The van der Waals surface area contributed by atoms with E-state index in [1.807, 2.05) is 0 Å². The van der Waals surface area contributed by atoms with Crippen molar-refractivity contribution in [2.24, 2.45) is 0 Å². The molecule has 0 spiro atoms. The lowest BCUT2D eigenvalue weighted by molar-refractivity contribution is -0.0988. The largest absolute Gasteiger partial charge is 0.478 e. The Morgan fingerprint density at radius 3 is 2.80 bits per heavy atom. The summed E-state index contributed by atoms with van der Waals surface area (Å²) in [5.41, 5.74) is -2.39. The van der Waals surface area contributed by atoms with Gasteiger partial charge in [0.2, 0.25) is 5.88 Å².